The van der Waals surface area contributed by atoms with Crippen LogP contribution in [-0.4, -0.2) is 14.4 Å². The molecule has 0 heterocycles. The van der Waals surface area contributed by atoms with E-state index in [9.17, 15) is 0 Å². The van der Waals surface area contributed by atoms with E-state index in [-0.39, 0.29) is 0 Å². The lowest BCUT2D eigenvalue weighted by atomic mass is 9.83. The van der Waals surface area contributed by atoms with E-state index < -0.39 is 8.32 Å². The molecule has 0 amide bonds. The van der Waals surface area contributed by atoms with Gasteiger partial charge in [0.25, 0.3) is 0 Å². The van der Waals surface area contributed by atoms with Gasteiger partial charge in [0.2, 0.25) is 0 Å². The molecule has 0 aromatic carbocycles. The molecule has 1 aliphatic carbocycles. The van der Waals surface area contributed by atoms with Crippen LogP contribution in [0.15, 0.2) is 9.66 Å². The highest BCUT2D eigenvalue weighted by atomic mass is 127. The van der Waals surface area contributed by atoms with Crippen molar-refractivity contribution in [1.29, 1.82) is 0 Å². The second kappa shape index (κ2) is 6.40. The standard InChI is InChI=1S/C15H29IOSi/c1-12(11-16)13-9-7-8-10-14(13)17-18(5,6)15(2,3)4/h11,13-14H,7-10H2,1-6H3/b12-11+/t13-,14+/m1/s1. The fourth-order valence-electron chi connectivity index (χ4n) is 2.39. The summed E-state index contributed by atoms with van der Waals surface area (Å²) in [6.45, 7) is 14.0. The molecule has 0 radical (unpaired) electrons. The second-order valence-electron chi connectivity index (χ2n) is 7.16. The van der Waals surface area contributed by atoms with Crippen molar-refractivity contribution >= 4 is 30.9 Å². The Kier molecular flexibility index (Phi) is 5.94. The average Bonchev–Trinajstić information content (AvgIpc) is 2.26. The minimum atomic E-state index is -1.62. The van der Waals surface area contributed by atoms with Crippen LogP contribution in [0.4, 0.5) is 0 Å². The van der Waals surface area contributed by atoms with Crippen LogP contribution in [0.1, 0.15) is 53.4 Å². The van der Waals surface area contributed by atoms with Gasteiger partial charge in [-0.15, -0.1) is 0 Å². The quantitative estimate of drug-likeness (QED) is 0.437. The zero-order chi connectivity index (χ0) is 14.0. The molecule has 3 heteroatoms. The molecule has 0 N–H and O–H groups in total. The van der Waals surface area contributed by atoms with Crippen molar-refractivity contribution < 1.29 is 4.43 Å². The molecule has 1 saturated carbocycles. The Balaban J connectivity index is 2.80. The predicted octanol–water partition coefficient (Wildman–Crippen LogP) is 5.91. The predicted molar refractivity (Wildman–Crippen MR) is 91.8 cm³/mol. The number of rotatable bonds is 3. The van der Waals surface area contributed by atoms with Gasteiger partial charge in [-0.2, -0.15) is 0 Å². The van der Waals surface area contributed by atoms with Crippen LogP contribution in [0.5, 0.6) is 0 Å². The molecule has 0 aromatic rings. The number of halogens is 1. The maximum atomic E-state index is 6.67. The second-order valence-corrected chi connectivity index (χ2v) is 12.5. The first kappa shape index (κ1) is 16.7. The molecule has 2 atom stereocenters. The summed E-state index contributed by atoms with van der Waals surface area (Å²) in [4.78, 5) is 0. The summed E-state index contributed by atoms with van der Waals surface area (Å²) in [5.74, 6) is 0.657. The zero-order valence-electron chi connectivity index (χ0n) is 12.8. The van der Waals surface area contributed by atoms with E-state index in [0.717, 1.165) is 0 Å². The highest BCUT2D eigenvalue weighted by Crippen LogP contribution is 2.41. The van der Waals surface area contributed by atoms with Gasteiger partial charge in [-0.25, -0.2) is 0 Å². The lowest BCUT2D eigenvalue weighted by Crippen LogP contribution is -2.46. The molecule has 1 fully saturated rings. The SMILES string of the molecule is C/C(=C\I)[C@H]1CCCC[C@@H]1O[Si](C)(C)C(C)(C)C. The van der Waals surface area contributed by atoms with Gasteiger partial charge >= 0.3 is 0 Å². The van der Waals surface area contributed by atoms with Crippen LogP contribution in [0, 0.1) is 5.92 Å². The van der Waals surface area contributed by atoms with Crippen LogP contribution in [0.25, 0.3) is 0 Å². The van der Waals surface area contributed by atoms with Gasteiger partial charge < -0.3 is 4.43 Å². The molecule has 0 saturated heterocycles. The van der Waals surface area contributed by atoms with E-state index in [1.54, 1.807) is 0 Å². The van der Waals surface area contributed by atoms with Gasteiger partial charge in [0.1, 0.15) is 0 Å². The van der Waals surface area contributed by atoms with Crippen molar-refractivity contribution in [3.63, 3.8) is 0 Å². The summed E-state index contributed by atoms with van der Waals surface area (Å²) >= 11 is 2.37. The molecule has 0 aliphatic heterocycles. The fraction of sp³-hybridized carbons (Fsp3) is 0.867. The summed E-state index contributed by atoms with van der Waals surface area (Å²) in [5, 5.41) is 0.316. The Morgan fingerprint density at radius 3 is 2.28 bits per heavy atom. The third-order valence-electron chi connectivity index (χ3n) is 4.71. The van der Waals surface area contributed by atoms with Gasteiger partial charge in [-0.05, 0) is 42.0 Å². The first-order valence-corrected chi connectivity index (χ1v) is 11.3. The summed E-state index contributed by atoms with van der Waals surface area (Å²) < 4.78 is 8.92. The van der Waals surface area contributed by atoms with E-state index in [0.29, 0.717) is 17.1 Å². The minimum Gasteiger partial charge on any atom is -0.413 e. The Morgan fingerprint density at radius 1 is 1.22 bits per heavy atom. The van der Waals surface area contributed by atoms with Gasteiger partial charge in [-0.1, -0.05) is 61.8 Å². The van der Waals surface area contributed by atoms with Crippen LogP contribution >= 0.6 is 22.6 Å². The Morgan fingerprint density at radius 2 is 1.78 bits per heavy atom. The van der Waals surface area contributed by atoms with Gasteiger partial charge in [0.05, 0.1) is 6.10 Å². The third-order valence-corrected chi connectivity index (χ3v) is 10.2. The van der Waals surface area contributed by atoms with E-state index >= 15 is 0 Å². The summed E-state index contributed by atoms with van der Waals surface area (Å²) in [6.07, 6.45) is 5.73. The Labute approximate surface area is 128 Å². The molecule has 1 aliphatic rings. The maximum absolute atomic E-state index is 6.67. The lowest BCUT2D eigenvalue weighted by Gasteiger charge is -2.43. The topological polar surface area (TPSA) is 9.23 Å². The van der Waals surface area contributed by atoms with Crippen LogP contribution in [0.3, 0.4) is 0 Å². The Bertz CT molecular complexity index is 304. The van der Waals surface area contributed by atoms with Gasteiger partial charge in [0.15, 0.2) is 8.32 Å². The summed E-state index contributed by atoms with van der Waals surface area (Å²) in [6, 6.07) is 0. The molecule has 0 spiro atoms. The molecule has 18 heavy (non-hydrogen) atoms. The summed E-state index contributed by atoms with van der Waals surface area (Å²) in [5.41, 5.74) is 1.51. The third kappa shape index (κ3) is 4.07. The van der Waals surface area contributed by atoms with Crippen LogP contribution in [0.2, 0.25) is 18.1 Å². The first-order valence-electron chi connectivity index (χ1n) is 7.14. The van der Waals surface area contributed by atoms with Crippen LogP contribution in [-0.2, 0) is 4.43 Å². The van der Waals surface area contributed by atoms with Crippen molar-refractivity contribution in [3.8, 4) is 0 Å². The van der Waals surface area contributed by atoms with Crippen molar-refractivity contribution in [1.82, 2.24) is 0 Å². The smallest absolute Gasteiger partial charge is 0.192 e. The normalized spacial score (nSPS) is 27.4. The largest absolute Gasteiger partial charge is 0.413 e. The monoisotopic (exact) mass is 380 g/mol. The molecule has 0 unspecified atom stereocenters. The zero-order valence-corrected chi connectivity index (χ0v) is 16.0. The molecule has 106 valence electrons. The molecular weight excluding hydrogens is 351 g/mol. The maximum Gasteiger partial charge on any atom is 0.192 e. The molecule has 0 bridgehead atoms. The van der Waals surface area contributed by atoms with Crippen LogP contribution < -0.4 is 0 Å². The molecule has 1 rings (SSSR count). The minimum absolute atomic E-state index is 0.316. The lowest BCUT2D eigenvalue weighted by molar-refractivity contribution is 0.0965. The first-order chi connectivity index (χ1) is 8.19. The van der Waals surface area contributed by atoms with Crippen molar-refractivity contribution in [2.75, 3.05) is 0 Å². The van der Waals surface area contributed by atoms with Gasteiger partial charge in [0, 0.05) is 5.92 Å². The Hall–Kier alpha value is 0.647. The average molecular weight is 380 g/mol. The van der Waals surface area contributed by atoms with Gasteiger partial charge in [-0.3, -0.25) is 0 Å². The fourth-order valence-corrected chi connectivity index (χ4v) is 4.25. The number of hydrogen-bond donors (Lipinski definition) is 0. The molecule has 0 aromatic heterocycles. The van der Waals surface area contributed by atoms with Crippen molar-refractivity contribution in [2.24, 2.45) is 5.92 Å². The van der Waals surface area contributed by atoms with E-state index in [1.165, 1.54) is 31.3 Å². The van der Waals surface area contributed by atoms with Crippen molar-refractivity contribution in [2.45, 2.75) is 77.6 Å². The highest BCUT2D eigenvalue weighted by molar-refractivity contribution is 14.1. The van der Waals surface area contributed by atoms with E-state index in [4.69, 9.17) is 4.43 Å². The molecular formula is C15H29IOSi. The van der Waals surface area contributed by atoms with E-state index in [1.807, 2.05) is 0 Å². The van der Waals surface area contributed by atoms with Crippen molar-refractivity contribution in [3.05, 3.63) is 9.66 Å². The number of hydrogen-bond acceptors (Lipinski definition) is 1. The highest BCUT2D eigenvalue weighted by Gasteiger charge is 2.41. The molecule has 1 nitrogen and oxygen atoms in total. The summed E-state index contributed by atoms with van der Waals surface area (Å²) in [7, 11) is -1.62. The van der Waals surface area contributed by atoms with E-state index in [2.05, 4.69) is 67.5 Å².